The highest BCUT2D eigenvalue weighted by Gasteiger charge is 2.24. The number of hydrogen-bond acceptors (Lipinski definition) is 3. The summed E-state index contributed by atoms with van der Waals surface area (Å²) in [4.78, 5) is 8.97. The minimum atomic E-state index is -0.0975. The smallest absolute Gasteiger partial charge is 0.142 e. The molecule has 108 valence electrons. The van der Waals surface area contributed by atoms with E-state index in [4.69, 9.17) is 0 Å². The van der Waals surface area contributed by atoms with Crippen LogP contribution < -0.4 is 10.6 Å². The van der Waals surface area contributed by atoms with Gasteiger partial charge in [0.2, 0.25) is 0 Å². The van der Waals surface area contributed by atoms with Crippen LogP contribution in [0.15, 0.2) is 65.8 Å². The third-order valence-electron chi connectivity index (χ3n) is 3.96. The molecular weight excluding hydrogens is 272 g/mol. The Morgan fingerprint density at radius 1 is 0.955 bits per heavy atom. The molecule has 4 nitrogen and oxygen atoms in total. The molecule has 0 saturated carbocycles. The molecule has 0 radical (unpaired) electrons. The van der Waals surface area contributed by atoms with Gasteiger partial charge >= 0.3 is 0 Å². The number of amidine groups is 1. The highest BCUT2D eigenvalue weighted by molar-refractivity contribution is 6.05. The molecule has 0 aliphatic carbocycles. The van der Waals surface area contributed by atoms with Crippen LogP contribution >= 0.6 is 0 Å². The first-order valence-electron chi connectivity index (χ1n) is 7.30. The summed E-state index contributed by atoms with van der Waals surface area (Å²) in [6.45, 7) is 0. The Hall–Kier alpha value is -2.88. The van der Waals surface area contributed by atoms with Gasteiger partial charge in [-0.3, -0.25) is 9.98 Å². The van der Waals surface area contributed by atoms with E-state index >= 15 is 0 Å². The van der Waals surface area contributed by atoms with Crippen LogP contribution in [-0.4, -0.2) is 17.9 Å². The van der Waals surface area contributed by atoms with Gasteiger partial charge in [0, 0.05) is 29.9 Å². The van der Waals surface area contributed by atoms with Gasteiger partial charge in [-0.2, -0.15) is 0 Å². The molecule has 4 heteroatoms. The predicted molar refractivity (Wildman–Crippen MR) is 90.1 cm³/mol. The van der Waals surface area contributed by atoms with Crippen molar-refractivity contribution in [3.8, 4) is 0 Å². The maximum atomic E-state index is 4.59. The molecule has 1 atom stereocenters. The van der Waals surface area contributed by atoms with E-state index in [9.17, 15) is 0 Å². The second-order valence-electron chi connectivity index (χ2n) is 5.26. The Morgan fingerprint density at radius 3 is 2.68 bits per heavy atom. The molecule has 0 bridgehead atoms. The monoisotopic (exact) mass is 288 g/mol. The fourth-order valence-corrected chi connectivity index (χ4v) is 2.92. The summed E-state index contributed by atoms with van der Waals surface area (Å²) in [5.74, 6) is 0.883. The van der Waals surface area contributed by atoms with Crippen molar-refractivity contribution in [3.05, 3.63) is 72.1 Å². The molecule has 2 N–H and O–H groups in total. The van der Waals surface area contributed by atoms with Crippen molar-refractivity contribution >= 4 is 22.3 Å². The molecule has 3 aromatic rings. The van der Waals surface area contributed by atoms with Crippen molar-refractivity contribution in [2.75, 3.05) is 12.4 Å². The predicted octanol–water partition coefficient (Wildman–Crippen LogP) is 3.33. The molecule has 1 aliphatic heterocycles. The minimum absolute atomic E-state index is 0.0975. The Bertz CT molecular complexity index is 864. The van der Waals surface area contributed by atoms with E-state index in [0.717, 1.165) is 28.2 Å². The summed E-state index contributed by atoms with van der Waals surface area (Å²) in [6, 6.07) is 18.5. The molecule has 4 rings (SSSR count). The summed E-state index contributed by atoms with van der Waals surface area (Å²) in [5.41, 5.74) is 3.14. The summed E-state index contributed by atoms with van der Waals surface area (Å²) in [6.07, 6.45) is 1.75. The number of anilines is 1. The average molecular weight is 288 g/mol. The SMILES string of the molecule is CN=C1NC(c2nccc3ccccc23)Nc2ccccc21. The number of para-hydroxylation sites is 1. The van der Waals surface area contributed by atoms with Crippen molar-refractivity contribution in [3.63, 3.8) is 0 Å². The van der Waals surface area contributed by atoms with E-state index in [2.05, 4.69) is 44.9 Å². The van der Waals surface area contributed by atoms with E-state index < -0.39 is 0 Å². The molecule has 0 amide bonds. The van der Waals surface area contributed by atoms with Crippen LogP contribution in [0.2, 0.25) is 0 Å². The first kappa shape index (κ1) is 12.8. The molecule has 1 unspecified atom stereocenters. The van der Waals surface area contributed by atoms with Crippen molar-refractivity contribution in [2.45, 2.75) is 6.17 Å². The highest BCUT2D eigenvalue weighted by Crippen LogP contribution is 2.29. The van der Waals surface area contributed by atoms with Crippen LogP contribution in [0.25, 0.3) is 10.8 Å². The first-order chi connectivity index (χ1) is 10.9. The number of fused-ring (bicyclic) bond motifs is 2. The van der Waals surface area contributed by atoms with Crippen LogP contribution in [0.4, 0.5) is 5.69 Å². The van der Waals surface area contributed by atoms with Gasteiger partial charge in [-0.1, -0.05) is 36.4 Å². The van der Waals surface area contributed by atoms with E-state index in [1.165, 1.54) is 5.39 Å². The highest BCUT2D eigenvalue weighted by atomic mass is 15.2. The third-order valence-corrected chi connectivity index (χ3v) is 3.96. The minimum Gasteiger partial charge on any atom is -0.360 e. The van der Waals surface area contributed by atoms with Crippen LogP contribution in [-0.2, 0) is 0 Å². The fourth-order valence-electron chi connectivity index (χ4n) is 2.92. The van der Waals surface area contributed by atoms with Gasteiger partial charge in [-0.05, 0) is 23.6 Å². The first-order valence-corrected chi connectivity index (χ1v) is 7.30. The quantitative estimate of drug-likeness (QED) is 0.722. The molecule has 1 aromatic heterocycles. The van der Waals surface area contributed by atoms with Gasteiger partial charge in [0.1, 0.15) is 12.0 Å². The Morgan fingerprint density at radius 2 is 1.77 bits per heavy atom. The topological polar surface area (TPSA) is 49.3 Å². The van der Waals surface area contributed by atoms with Gasteiger partial charge in [-0.25, -0.2) is 0 Å². The lowest BCUT2D eigenvalue weighted by atomic mass is 10.0. The lowest BCUT2D eigenvalue weighted by Crippen LogP contribution is -2.39. The number of hydrogen-bond donors (Lipinski definition) is 2. The summed E-state index contributed by atoms with van der Waals surface area (Å²) >= 11 is 0. The Labute approximate surface area is 128 Å². The van der Waals surface area contributed by atoms with Crippen molar-refractivity contribution in [1.82, 2.24) is 10.3 Å². The number of aromatic nitrogens is 1. The van der Waals surface area contributed by atoms with Crippen LogP contribution in [0.1, 0.15) is 17.4 Å². The second kappa shape index (κ2) is 5.15. The molecule has 0 saturated heterocycles. The van der Waals surface area contributed by atoms with Crippen molar-refractivity contribution < 1.29 is 0 Å². The fraction of sp³-hybridized carbons (Fsp3) is 0.111. The van der Waals surface area contributed by atoms with Gasteiger partial charge in [0.05, 0.1) is 5.69 Å². The molecule has 2 aromatic carbocycles. The largest absolute Gasteiger partial charge is 0.360 e. The lowest BCUT2D eigenvalue weighted by molar-refractivity contribution is 0.702. The summed E-state index contributed by atoms with van der Waals surface area (Å²) in [5, 5.41) is 9.29. The number of nitrogens with one attached hydrogen (secondary N) is 2. The molecule has 2 heterocycles. The molecule has 22 heavy (non-hydrogen) atoms. The molecule has 0 spiro atoms. The maximum absolute atomic E-state index is 4.59. The zero-order chi connectivity index (χ0) is 14.9. The average Bonchev–Trinajstić information content (AvgIpc) is 2.60. The summed E-state index contributed by atoms with van der Waals surface area (Å²) in [7, 11) is 1.80. The van der Waals surface area contributed by atoms with E-state index in [0.29, 0.717) is 0 Å². The number of benzene rings is 2. The maximum Gasteiger partial charge on any atom is 0.142 e. The van der Waals surface area contributed by atoms with Crippen LogP contribution in [0.3, 0.4) is 0 Å². The lowest BCUT2D eigenvalue weighted by Gasteiger charge is -2.30. The zero-order valence-electron chi connectivity index (χ0n) is 12.2. The number of pyridine rings is 1. The van der Waals surface area contributed by atoms with Gasteiger partial charge in [-0.15, -0.1) is 0 Å². The number of rotatable bonds is 1. The van der Waals surface area contributed by atoms with Crippen molar-refractivity contribution in [1.29, 1.82) is 0 Å². The normalized spacial score (nSPS) is 18.6. The van der Waals surface area contributed by atoms with Crippen molar-refractivity contribution in [2.24, 2.45) is 4.99 Å². The molecule has 0 fully saturated rings. The van der Waals surface area contributed by atoms with E-state index in [1.54, 1.807) is 7.05 Å². The van der Waals surface area contributed by atoms with Crippen LogP contribution in [0.5, 0.6) is 0 Å². The van der Waals surface area contributed by atoms with Crippen LogP contribution in [0, 0.1) is 0 Å². The van der Waals surface area contributed by atoms with E-state index in [1.807, 2.05) is 36.5 Å². The molecule has 1 aliphatic rings. The summed E-state index contributed by atoms with van der Waals surface area (Å²) < 4.78 is 0. The Kier molecular flexibility index (Phi) is 3.00. The van der Waals surface area contributed by atoms with Gasteiger partial charge in [0.25, 0.3) is 0 Å². The molecular formula is C18H16N4. The second-order valence-corrected chi connectivity index (χ2v) is 5.26. The zero-order valence-corrected chi connectivity index (χ0v) is 12.2. The third kappa shape index (κ3) is 2.00. The van der Waals surface area contributed by atoms with Gasteiger partial charge < -0.3 is 10.6 Å². The number of nitrogens with zero attached hydrogens (tertiary/aromatic N) is 2. The standard InChI is InChI=1S/C18H16N4/c1-19-17-14-8-4-5-9-15(14)21-18(22-17)16-13-7-3-2-6-12(13)10-11-20-16/h2-11,18,21H,1H3,(H,19,22). The number of aliphatic imine (C=N–C) groups is 1. The van der Waals surface area contributed by atoms with Gasteiger partial charge in [0.15, 0.2) is 0 Å². The Balaban J connectivity index is 1.84. The van der Waals surface area contributed by atoms with E-state index in [-0.39, 0.29) is 6.17 Å².